The molecule has 1 aliphatic heterocycles. The summed E-state index contributed by atoms with van der Waals surface area (Å²) in [6.07, 6.45) is 4.03. The van der Waals surface area contributed by atoms with Crippen molar-refractivity contribution in [3.63, 3.8) is 0 Å². The SMILES string of the molecule is COC1CCCC1NC1=NC(C(C)C)CS1. The Balaban J connectivity index is 1.88. The quantitative estimate of drug-likeness (QED) is 0.824. The molecule has 0 amide bonds. The maximum atomic E-state index is 5.48. The Labute approximate surface area is 102 Å². The molecule has 0 radical (unpaired) electrons. The average Bonchev–Trinajstić information content (AvgIpc) is 2.87. The van der Waals surface area contributed by atoms with E-state index in [0.717, 1.165) is 10.9 Å². The van der Waals surface area contributed by atoms with Crippen LogP contribution in [0, 0.1) is 5.92 Å². The molecule has 3 nitrogen and oxygen atoms in total. The van der Waals surface area contributed by atoms with Crippen LogP contribution in [0.15, 0.2) is 4.99 Å². The minimum Gasteiger partial charge on any atom is -0.379 e. The van der Waals surface area contributed by atoms with E-state index in [4.69, 9.17) is 9.73 Å². The summed E-state index contributed by atoms with van der Waals surface area (Å²) in [6, 6.07) is 0.970. The van der Waals surface area contributed by atoms with Gasteiger partial charge in [-0.1, -0.05) is 25.6 Å². The molecule has 1 aliphatic carbocycles. The third-order valence-corrected chi connectivity index (χ3v) is 4.51. The maximum Gasteiger partial charge on any atom is 0.157 e. The molecule has 1 N–H and O–H groups in total. The second-order valence-corrected chi connectivity index (χ2v) is 6.02. The van der Waals surface area contributed by atoms with Crippen LogP contribution in [0.5, 0.6) is 0 Å². The fraction of sp³-hybridized carbons (Fsp3) is 0.917. The fourth-order valence-electron chi connectivity index (χ4n) is 2.34. The van der Waals surface area contributed by atoms with Crippen LogP contribution >= 0.6 is 11.8 Å². The molecule has 16 heavy (non-hydrogen) atoms. The predicted molar refractivity (Wildman–Crippen MR) is 70.1 cm³/mol. The van der Waals surface area contributed by atoms with E-state index in [1.165, 1.54) is 19.3 Å². The first-order valence-electron chi connectivity index (χ1n) is 6.20. The molecule has 2 aliphatic rings. The Kier molecular flexibility index (Phi) is 4.14. The molecule has 2 rings (SSSR count). The summed E-state index contributed by atoms with van der Waals surface area (Å²) in [6.45, 7) is 4.48. The number of rotatable bonds is 3. The van der Waals surface area contributed by atoms with Crippen LogP contribution in [0.1, 0.15) is 33.1 Å². The summed E-state index contributed by atoms with van der Waals surface area (Å²) in [5.74, 6) is 1.78. The Bertz CT molecular complexity index is 268. The normalized spacial score (nSPS) is 34.5. The summed E-state index contributed by atoms with van der Waals surface area (Å²) in [7, 11) is 1.81. The number of thioether (sulfide) groups is 1. The van der Waals surface area contributed by atoms with E-state index in [1.807, 2.05) is 18.9 Å². The van der Waals surface area contributed by atoms with E-state index in [1.54, 1.807) is 0 Å². The second kappa shape index (κ2) is 5.41. The van der Waals surface area contributed by atoms with Gasteiger partial charge in [0.15, 0.2) is 5.17 Å². The van der Waals surface area contributed by atoms with Crippen molar-refractivity contribution in [3.8, 4) is 0 Å². The Hall–Kier alpha value is -0.220. The predicted octanol–water partition coefficient (Wildman–Crippen LogP) is 2.27. The summed E-state index contributed by atoms with van der Waals surface area (Å²) < 4.78 is 5.48. The van der Waals surface area contributed by atoms with Gasteiger partial charge in [-0.25, -0.2) is 0 Å². The van der Waals surface area contributed by atoms with E-state index in [-0.39, 0.29) is 0 Å². The summed E-state index contributed by atoms with van der Waals surface area (Å²) >= 11 is 1.86. The first kappa shape index (κ1) is 12.2. The van der Waals surface area contributed by atoms with Crippen LogP contribution in [-0.4, -0.2) is 36.2 Å². The molecular formula is C12H22N2OS. The lowest BCUT2D eigenvalue weighted by Crippen LogP contribution is -2.39. The highest BCUT2D eigenvalue weighted by Gasteiger charge is 2.30. The monoisotopic (exact) mass is 242 g/mol. The first-order valence-corrected chi connectivity index (χ1v) is 7.19. The highest BCUT2D eigenvalue weighted by Crippen LogP contribution is 2.26. The molecular weight excluding hydrogens is 220 g/mol. The van der Waals surface area contributed by atoms with E-state index in [9.17, 15) is 0 Å². The molecule has 0 aromatic rings. The van der Waals surface area contributed by atoms with Crippen molar-refractivity contribution in [2.45, 2.75) is 51.3 Å². The van der Waals surface area contributed by atoms with Gasteiger partial charge >= 0.3 is 0 Å². The number of ether oxygens (including phenoxy) is 1. The van der Waals surface area contributed by atoms with Crippen LogP contribution in [0.4, 0.5) is 0 Å². The average molecular weight is 242 g/mol. The van der Waals surface area contributed by atoms with Crippen molar-refractivity contribution < 1.29 is 4.74 Å². The largest absolute Gasteiger partial charge is 0.379 e. The zero-order chi connectivity index (χ0) is 11.5. The maximum absolute atomic E-state index is 5.48. The van der Waals surface area contributed by atoms with Gasteiger partial charge in [0.25, 0.3) is 0 Å². The zero-order valence-corrected chi connectivity index (χ0v) is 11.2. The van der Waals surface area contributed by atoms with Gasteiger partial charge in [0, 0.05) is 12.9 Å². The van der Waals surface area contributed by atoms with Crippen LogP contribution < -0.4 is 5.32 Å². The number of amidine groups is 1. The molecule has 1 heterocycles. The van der Waals surface area contributed by atoms with Crippen molar-refractivity contribution in [2.24, 2.45) is 10.9 Å². The number of hydrogen-bond donors (Lipinski definition) is 1. The van der Waals surface area contributed by atoms with Crippen LogP contribution in [0.3, 0.4) is 0 Å². The summed E-state index contributed by atoms with van der Waals surface area (Å²) in [4.78, 5) is 4.73. The van der Waals surface area contributed by atoms with Gasteiger partial charge in [-0.15, -0.1) is 0 Å². The number of aliphatic imine (C=N–C) groups is 1. The van der Waals surface area contributed by atoms with Crippen LogP contribution in [-0.2, 0) is 4.74 Å². The number of nitrogens with one attached hydrogen (secondary N) is 1. The molecule has 3 atom stereocenters. The number of methoxy groups -OCH3 is 1. The molecule has 92 valence electrons. The third kappa shape index (κ3) is 2.72. The molecule has 0 bridgehead atoms. The number of nitrogens with zero attached hydrogens (tertiary/aromatic N) is 1. The molecule has 0 aromatic carbocycles. The van der Waals surface area contributed by atoms with Crippen molar-refractivity contribution in [2.75, 3.05) is 12.9 Å². The molecule has 4 heteroatoms. The minimum absolute atomic E-state index is 0.376. The smallest absolute Gasteiger partial charge is 0.157 e. The molecule has 0 spiro atoms. The second-order valence-electron chi connectivity index (χ2n) is 5.01. The van der Waals surface area contributed by atoms with Crippen LogP contribution in [0.25, 0.3) is 0 Å². The van der Waals surface area contributed by atoms with Gasteiger partial charge in [0.1, 0.15) is 0 Å². The van der Waals surface area contributed by atoms with Gasteiger partial charge in [-0.05, 0) is 25.2 Å². The number of hydrogen-bond acceptors (Lipinski definition) is 4. The first-order chi connectivity index (χ1) is 7.70. The molecule has 1 saturated carbocycles. The van der Waals surface area contributed by atoms with E-state index >= 15 is 0 Å². The highest BCUT2D eigenvalue weighted by atomic mass is 32.2. The zero-order valence-electron chi connectivity index (χ0n) is 10.4. The van der Waals surface area contributed by atoms with Gasteiger partial charge in [-0.3, -0.25) is 4.99 Å². The summed E-state index contributed by atoms with van der Waals surface area (Å²) in [5.41, 5.74) is 0. The van der Waals surface area contributed by atoms with E-state index in [2.05, 4.69) is 19.2 Å². The van der Waals surface area contributed by atoms with Gasteiger partial charge in [0.05, 0.1) is 18.2 Å². The van der Waals surface area contributed by atoms with Crippen molar-refractivity contribution in [1.29, 1.82) is 0 Å². The lowest BCUT2D eigenvalue weighted by Gasteiger charge is -2.20. The third-order valence-electron chi connectivity index (χ3n) is 3.51. The Morgan fingerprint density at radius 3 is 2.88 bits per heavy atom. The Morgan fingerprint density at radius 1 is 1.44 bits per heavy atom. The molecule has 0 saturated heterocycles. The highest BCUT2D eigenvalue weighted by molar-refractivity contribution is 8.14. The lowest BCUT2D eigenvalue weighted by molar-refractivity contribution is 0.0910. The summed E-state index contributed by atoms with van der Waals surface area (Å²) in [5, 5.41) is 4.68. The molecule has 1 fully saturated rings. The van der Waals surface area contributed by atoms with Gasteiger partial charge < -0.3 is 10.1 Å². The topological polar surface area (TPSA) is 33.6 Å². The molecule has 3 unspecified atom stereocenters. The molecule has 0 aromatic heterocycles. The van der Waals surface area contributed by atoms with Crippen LogP contribution in [0.2, 0.25) is 0 Å². The minimum atomic E-state index is 0.376. The fourth-order valence-corrected chi connectivity index (χ4v) is 3.57. The van der Waals surface area contributed by atoms with Crippen molar-refractivity contribution in [1.82, 2.24) is 5.32 Å². The van der Waals surface area contributed by atoms with Crippen molar-refractivity contribution in [3.05, 3.63) is 0 Å². The van der Waals surface area contributed by atoms with Crippen molar-refractivity contribution >= 4 is 16.9 Å². The van der Waals surface area contributed by atoms with Gasteiger partial charge in [-0.2, -0.15) is 0 Å². The van der Waals surface area contributed by atoms with Gasteiger partial charge in [0.2, 0.25) is 0 Å². The van der Waals surface area contributed by atoms with E-state index < -0.39 is 0 Å². The standard InChI is InChI=1S/C12H22N2OS/c1-8(2)10-7-16-12(14-10)13-9-5-4-6-11(9)15-3/h8-11H,4-7H2,1-3H3,(H,13,14). The lowest BCUT2D eigenvalue weighted by atomic mass is 10.1. The van der Waals surface area contributed by atoms with E-state index in [0.29, 0.717) is 24.1 Å². The Morgan fingerprint density at radius 2 is 2.25 bits per heavy atom.